The monoisotopic (exact) mass is 278 g/mol. The van der Waals surface area contributed by atoms with Crippen LogP contribution in [-0.2, 0) is 0 Å². The van der Waals surface area contributed by atoms with Gasteiger partial charge in [-0.1, -0.05) is 12.2 Å². The third-order valence-corrected chi connectivity index (χ3v) is 4.36. The summed E-state index contributed by atoms with van der Waals surface area (Å²) in [5.41, 5.74) is 1.11. The summed E-state index contributed by atoms with van der Waals surface area (Å²) in [7, 11) is 0. The minimum absolute atomic E-state index is 0.808. The van der Waals surface area contributed by atoms with Gasteiger partial charge in [0.2, 0.25) is 0 Å². The first kappa shape index (κ1) is 10.3. The van der Waals surface area contributed by atoms with E-state index in [0.29, 0.717) is 0 Å². The minimum Gasteiger partial charge on any atom is -0.383 e. The van der Waals surface area contributed by atoms with Crippen LogP contribution < -0.4 is 5.32 Å². The van der Waals surface area contributed by atoms with Gasteiger partial charge in [0.1, 0.15) is 4.60 Å². The molecule has 1 heterocycles. The van der Waals surface area contributed by atoms with Crippen molar-refractivity contribution in [3.8, 4) is 0 Å². The Hall–Kier alpha value is -0.830. The van der Waals surface area contributed by atoms with Crippen LogP contribution in [0.25, 0.3) is 0 Å². The van der Waals surface area contributed by atoms with Gasteiger partial charge in [-0.3, -0.25) is 0 Å². The summed E-state index contributed by atoms with van der Waals surface area (Å²) < 4.78 is 0.911. The average Bonchev–Trinajstić information content (AvgIpc) is 2.90. The molecule has 1 aromatic heterocycles. The summed E-state index contributed by atoms with van der Waals surface area (Å²) in [6.07, 6.45) is 9.32. The lowest BCUT2D eigenvalue weighted by atomic mass is 9.93. The van der Waals surface area contributed by atoms with Crippen LogP contribution in [0.15, 0.2) is 35.1 Å². The maximum absolute atomic E-state index is 4.21. The Morgan fingerprint density at radius 2 is 2.31 bits per heavy atom. The summed E-state index contributed by atoms with van der Waals surface area (Å²) in [6, 6.07) is 4.04. The van der Waals surface area contributed by atoms with Gasteiger partial charge < -0.3 is 5.32 Å². The Labute approximate surface area is 104 Å². The van der Waals surface area contributed by atoms with Crippen molar-refractivity contribution in [2.24, 2.45) is 17.8 Å². The molecule has 3 unspecified atom stereocenters. The number of halogens is 1. The molecule has 2 aliphatic carbocycles. The fourth-order valence-electron chi connectivity index (χ4n) is 2.89. The Balaban J connectivity index is 1.61. The lowest BCUT2D eigenvalue weighted by molar-refractivity contribution is 0.472. The Morgan fingerprint density at radius 3 is 3.00 bits per heavy atom. The molecular formula is C13H15BrN2. The highest BCUT2D eigenvalue weighted by Crippen LogP contribution is 2.43. The molecule has 3 heteroatoms. The van der Waals surface area contributed by atoms with Crippen LogP contribution in [-0.4, -0.2) is 11.5 Å². The fraction of sp³-hybridized carbons (Fsp3) is 0.462. The van der Waals surface area contributed by atoms with Crippen molar-refractivity contribution in [1.29, 1.82) is 0 Å². The second kappa shape index (κ2) is 4.21. The lowest BCUT2D eigenvalue weighted by Crippen LogP contribution is -2.18. The molecule has 0 radical (unpaired) electrons. The van der Waals surface area contributed by atoms with E-state index in [-0.39, 0.29) is 0 Å². The first-order valence-electron chi connectivity index (χ1n) is 5.85. The molecule has 1 fully saturated rings. The molecule has 0 amide bonds. The van der Waals surface area contributed by atoms with Crippen LogP contribution >= 0.6 is 15.9 Å². The van der Waals surface area contributed by atoms with E-state index in [9.17, 15) is 0 Å². The molecule has 0 spiro atoms. The molecule has 16 heavy (non-hydrogen) atoms. The Kier molecular flexibility index (Phi) is 2.72. The molecule has 0 saturated heterocycles. The summed E-state index contributed by atoms with van der Waals surface area (Å²) in [5.74, 6) is 2.48. The summed E-state index contributed by atoms with van der Waals surface area (Å²) in [4.78, 5) is 4.21. The maximum atomic E-state index is 4.21. The van der Waals surface area contributed by atoms with Crippen LogP contribution in [0, 0.1) is 17.8 Å². The maximum Gasteiger partial charge on any atom is 0.129 e. The van der Waals surface area contributed by atoms with Crippen molar-refractivity contribution < 1.29 is 0 Å². The molecular weight excluding hydrogens is 264 g/mol. The van der Waals surface area contributed by atoms with Crippen LogP contribution in [0.5, 0.6) is 0 Å². The van der Waals surface area contributed by atoms with Crippen molar-refractivity contribution in [2.75, 3.05) is 11.9 Å². The van der Waals surface area contributed by atoms with Gasteiger partial charge in [-0.2, -0.15) is 0 Å². The molecule has 1 aromatic rings. The molecule has 1 N–H and O–H groups in total. The Morgan fingerprint density at radius 1 is 1.38 bits per heavy atom. The zero-order chi connectivity index (χ0) is 11.0. The van der Waals surface area contributed by atoms with E-state index < -0.39 is 0 Å². The van der Waals surface area contributed by atoms with Gasteiger partial charge in [0, 0.05) is 12.7 Å². The highest BCUT2D eigenvalue weighted by molar-refractivity contribution is 9.10. The molecule has 1 saturated carbocycles. The average molecular weight is 279 g/mol. The number of fused-ring (bicyclic) bond motifs is 2. The number of pyridine rings is 1. The van der Waals surface area contributed by atoms with Crippen LogP contribution in [0.2, 0.25) is 0 Å². The summed E-state index contributed by atoms with van der Waals surface area (Å²) in [5, 5.41) is 3.50. The zero-order valence-corrected chi connectivity index (χ0v) is 10.7. The van der Waals surface area contributed by atoms with E-state index in [1.54, 1.807) is 6.20 Å². The zero-order valence-electron chi connectivity index (χ0n) is 9.07. The van der Waals surface area contributed by atoms with Crippen LogP contribution in [0.1, 0.15) is 12.8 Å². The van der Waals surface area contributed by atoms with E-state index in [0.717, 1.165) is 34.6 Å². The van der Waals surface area contributed by atoms with Gasteiger partial charge in [-0.05, 0) is 58.7 Å². The number of hydrogen-bond donors (Lipinski definition) is 1. The SMILES string of the molecule is Brc1ncccc1NCC1CC2C=CC1C2. The predicted molar refractivity (Wildman–Crippen MR) is 69.3 cm³/mol. The topological polar surface area (TPSA) is 24.9 Å². The van der Waals surface area contributed by atoms with E-state index >= 15 is 0 Å². The Bertz CT molecular complexity index is 416. The highest BCUT2D eigenvalue weighted by Gasteiger charge is 2.35. The molecule has 2 aliphatic rings. The first-order valence-corrected chi connectivity index (χ1v) is 6.65. The van der Waals surface area contributed by atoms with Gasteiger partial charge >= 0.3 is 0 Å². The molecule has 2 nitrogen and oxygen atoms in total. The van der Waals surface area contributed by atoms with Crippen molar-refractivity contribution in [2.45, 2.75) is 12.8 Å². The number of nitrogens with zero attached hydrogens (tertiary/aromatic N) is 1. The number of hydrogen-bond acceptors (Lipinski definition) is 2. The quantitative estimate of drug-likeness (QED) is 0.677. The number of aromatic nitrogens is 1. The number of allylic oxidation sites excluding steroid dienone is 2. The second-order valence-corrected chi connectivity index (χ2v) is 5.51. The third-order valence-electron chi connectivity index (χ3n) is 3.73. The van der Waals surface area contributed by atoms with Crippen molar-refractivity contribution >= 4 is 21.6 Å². The van der Waals surface area contributed by atoms with Crippen LogP contribution in [0.3, 0.4) is 0 Å². The molecule has 2 bridgehead atoms. The van der Waals surface area contributed by atoms with Gasteiger partial charge in [0.15, 0.2) is 0 Å². The van der Waals surface area contributed by atoms with Gasteiger partial charge in [-0.25, -0.2) is 4.98 Å². The smallest absolute Gasteiger partial charge is 0.129 e. The van der Waals surface area contributed by atoms with Crippen LogP contribution in [0.4, 0.5) is 5.69 Å². The summed E-state index contributed by atoms with van der Waals surface area (Å²) >= 11 is 3.46. The molecule has 0 aliphatic heterocycles. The van der Waals surface area contributed by atoms with Crippen molar-refractivity contribution in [3.63, 3.8) is 0 Å². The molecule has 84 valence electrons. The summed E-state index contributed by atoms with van der Waals surface area (Å²) in [6.45, 7) is 1.07. The number of anilines is 1. The van der Waals surface area contributed by atoms with Gasteiger partial charge in [-0.15, -0.1) is 0 Å². The molecule has 3 atom stereocenters. The van der Waals surface area contributed by atoms with Crippen molar-refractivity contribution in [3.05, 3.63) is 35.1 Å². The minimum atomic E-state index is 0.808. The second-order valence-electron chi connectivity index (χ2n) is 4.76. The standard InChI is InChI=1S/C13H15BrN2/c14-13-12(2-1-5-15-13)16-8-11-7-9-3-4-10(11)6-9/h1-5,9-11,16H,6-8H2. The number of nitrogens with one attached hydrogen (secondary N) is 1. The van der Waals surface area contributed by atoms with E-state index in [2.05, 4.69) is 44.4 Å². The largest absolute Gasteiger partial charge is 0.383 e. The first-order chi connectivity index (χ1) is 7.83. The predicted octanol–water partition coefficient (Wildman–Crippen LogP) is 3.47. The molecule has 0 aromatic carbocycles. The van der Waals surface area contributed by atoms with E-state index in [1.165, 1.54) is 12.8 Å². The van der Waals surface area contributed by atoms with Gasteiger partial charge in [0.25, 0.3) is 0 Å². The van der Waals surface area contributed by atoms with E-state index in [4.69, 9.17) is 0 Å². The normalized spacial score (nSPS) is 30.9. The van der Waals surface area contributed by atoms with Gasteiger partial charge in [0.05, 0.1) is 5.69 Å². The van der Waals surface area contributed by atoms with Crippen molar-refractivity contribution in [1.82, 2.24) is 4.98 Å². The highest BCUT2D eigenvalue weighted by atomic mass is 79.9. The third kappa shape index (κ3) is 1.88. The molecule has 3 rings (SSSR count). The number of rotatable bonds is 3. The van der Waals surface area contributed by atoms with E-state index in [1.807, 2.05) is 6.07 Å². The lowest BCUT2D eigenvalue weighted by Gasteiger charge is -2.19. The fourth-order valence-corrected chi connectivity index (χ4v) is 3.28.